The Balaban J connectivity index is 1.64. The van der Waals surface area contributed by atoms with E-state index in [-0.39, 0.29) is 10.9 Å². The van der Waals surface area contributed by atoms with Gasteiger partial charge in [-0.1, -0.05) is 0 Å². The first kappa shape index (κ1) is 17.2. The zero-order valence-electron chi connectivity index (χ0n) is 13.5. The van der Waals surface area contributed by atoms with E-state index in [0.717, 1.165) is 24.5 Å². The van der Waals surface area contributed by atoms with Gasteiger partial charge in [0.2, 0.25) is 10.0 Å². The van der Waals surface area contributed by atoms with Crippen molar-refractivity contribution in [1.82, 2.24) is 9.71 Å². The minimum atomic E-state index is -3.52. The predicted octanol–water partition coefficient (Wildman–Crippen LogP) is 2.49. The van der Waals surface area contributed by atoms with E-state index in [4.69, 9.17) is 4.74 Å². The summed E-state index contributed by atoms with van der Waals surface area (Å²) in [6.45, 7) is 3.75. The quantitative estimate of drug-likeness (QED) is 0.814. The first-order valence-electron chi connectivity index (χ1n) is 7.99. The van der Waals surface area contributed by atoms with Crippen LogP contribution in [0, 0.1) is 0 Å². The van der Waals surface area contributed by atoms with E-state index < -0.39 is 10.0 Å². The van der Waals surface area contributed by atoms with Crippen LogP contribution in [0.25, 0.3) is 0 Å². The Morgan fingerprint density at radius 1 is 1.38 bits per heavy atom. The number of nitrogens with zero attached hydrogens (tertiary/aromatic N) is 2. The highest BCUT2D eigenvalue weighted by molar-refractivity contribution is 7.89. The largest absolute Gasteiger partial charge is 0.494 e. The Morgan fingerprint density at radius 3 is 2.83 bits per heavy atom. The van der Waals surface area contributed by atoms with E-state index >= 15 is 0 Å². The van der Waals surface area contributed by atoms with E-state index in [2.05, 4.69) is 14.6 Å². The molecule has 1 unspecified atom stereocenters. The van der Waals surface area contributed by atoms with Gasteiger partial charge in [-0.15, -0.1) is 11.3 Å². The second-order valence-corrected chi connectivity index (χ2v) is 8.20. The number of benzene rings is 1. The van der Waals surface area contributed by atoms with Gasteiger partial charge in [0, 0.05) is 30.7 Å². The average molecular weight is 367 g/mol. The van der Waals surface area contributed by atoms with Gasteiger partial charge in [0.15, 0.2) is 5.13 Å². The highest BCUT2D eigenvalue weighted by atomic mass is 32.2. The number of nitrogens with one attached hydrogen (secondary N) is 1. The molecule has 6 nitrogen and oxygen atoms in total. The SMILES string of the molecule is CCOc1ccc(S(=O)(=O)NCC2CCCN2c2nccs2)cc1. The summed E-state index contributed by atoms with van der Waals surface area (Å²) in [6, 6.07) is 6.64. The molecule has 0 aliphatic carbocycles. The number of thiazole rings is 1. The standard InChI is InChI=1S/C16H21N3O3S2/c1-2-22-14-5-7-15(8-6-14)24(20,21)18-12-13-4-3-10-19(13)16-17-9-11-23-16/h5-9,11,13,18H,2-4,10,12H2,1H3. The van der Waals surface area contributed by atoms with Crippen LogP contribution in [0.2, 0.25) is 0 Å². The lowest BCUT2D eigenvalue weighted by atomic mass is 10.2. The molecule has 0 spiro atoms. The molecule has 24 heavy (non-hydrogen) atoms. The highest BCUT2D eigenvalue weighted by Gasteiger charge is 2.27. The summed E-state index contributed by atoms with van der Waals surface area (Å²) in [6.07, 6.45) is 3.79. The Kier molecular flexibility index (Phi) is 5.37. The second kappa shape index (κ2) is 7.50. The van der Waals surface area contributed by atoms with Crippen LogP contribution in [-0.2, 0) is 10.0 Å². The zero-order valence-corrected chi connectivity index (χ0v) is 15.1. The number of hydrogen-bond acceptors (Lipinski definition) is 6. The lowest BCUT2D eigenvalue weighted by molar-refractivity contribution is 0.340. The number of anilines is 1. The normalized spacial score (nSPS) is 18.0. The van der Waals surface area contributed by atoms with E-state index in [1.54, 1.807) is 41.8 Å². The topological polar surface area (TPSA) is 71.5 Å². The number of hydrogen-bond donors (Lipinski definition) is 1. The first-order chi connectivity index (χ1) is 11.6. The van der Waals surface area contributed by atoms with Gasteiger partial charge in [0.1, 0.15) is 5.75 Å². The first-order valence-corrected chi connectivity index (χ1v) is 10.3. The van der Waals surface area contributed by atoms with Gasteiger partial charge in [0.25, 0.3) is 0 Å². The Hall–Kier alpha value is -1.64. The molecule has 130 valence electrons. The molecule has 2 aromatic rings. The summed E-state index contributed by atoms with van der Waals surface area (Å²) >= 11 is 1.58. The van der Waals surface area contributed by atoms with Crippen LogP contribution in [-0.4, -0.2) is 39.1 Å². The summed E-state index contributed by atoms with van der Waals surface area (Å²) in [5.74, 6) is 0.669. The predicted molar refractivity (Wildman–Crippen MR) is 95.3 cm³/mol. The van der Waals surface area contributed by atoms with E-state index in [1.807, 2.05) is 12.3 Å². The van der Waals surface area contributed by atoms with Crippen molar-refractivity contribution in [3.8, 4) is 5.75 Å². The smallest absolute Gasteiger partial charge is 0.240 e. The van der Waals surface area contributed by atoms with Crippen molar-refractivity contribution in [2.24, 2.45) is 0 Å². The van der Waals surface area contributed by atoms with Crippen LogP contribution in [0.5, 0.6) is 5.75 Å². The number of rotatable bonds is 7. The zero-order chi connectivity index (χ0) is 17.0. The third kappa shape index (κ3) is 3.88. The summed E-state index contributed by atoms with van der Waals surface area (Å²) in [4.78, 5) is 6.77. The van der Waals surface area contributed by atoms with Crippen LogP contribution in [0.3, 0.4) is 0 Å². The van der Waals surface area contributed by atoms with Gasteiger partial charge in [-0.25, -0.2) is 18.1 Å². The van der Waals surface area contributed by atoms with Crippen molar-refractivity contribution in [3.05, 3.63) is 35.8 Å². The van der Waals surface area contributed by atoms with E-state index in [0.29, 0.717) is 18.9 Å². The van der Waals surface area contributed by atoms with E-state index in [1.165, 1.54) is 0 Å². The monoisotopic (exact) mass is 367 g/mol. The van der Waals surface area contributed by atoms with Crippen LogP contribution < -0.4 is 14.4 Å². The number of sulfonamides is 1. The van der Waals surface area contributed by atoms with Crippen molar-refractivity contribution >= 4 is 26.5 Å². The van der Waals surface area contributed by atoms with Gasteiger partial charge >= 0.3 is 0 Å². The maximum atomic E-state index is 12.5. The molecular weight excluding hydrogens is 346 g/mol. The minimum Gasteiger partial charge on any atom is -0.494 e. The molecule has 0 radical (unpaired) electrons. The fraction of sp³-hybridized carbons (Fsp3) is 0.438. The number of ether oxygens (including phenoxy) is 1. The average Bonchev–Trinajstić information content (AvgIpc) is 3.25. The molecule has 1 aromatic heterocycles. The third-order valence-electron chi connectivity index (χ3n) is 4.00. The van der Waals surface area contributed by atoms with Crippen LogP contribution in [0.15, 0.2) is 40.7 Å². The van der Waals surface area contributed by atoms with Crippen molar-refractivity contribution in [1.29, 1.82) is 0 Å². The molecule has 1 N–H and O–H groups in total. The van der Waals surface area contributed by atoms with Gasteiger partial charge in [-0.2, -0.15) is 0 Å². The van der Waals surface area contributed by atoms with Crippen LogP contribution in [0.4, 0.5) is 5.13 Å². The Morgan fingerprint density at radius 2 is 2.17 bits per heavy atom. The molecule has 0 saturated carbocycles. The molecule has 1 aliphatic rings. The molecule has 1 atom stereocenters. The molecule has 3 rings (SSSR count). The van der Waals surface area contributed by atoms with Crippen molar-refractivity contribution in [2.45, 2.75) is 30.7 Å². The second-order valence-electron chi connectivity index (χ2n) is 5.56. The molecule has 1 fully saturated rings. The fourth-order valence-electron chi connectivity index (χ4n) is 2.83. The molecule has 2 heterocycles. The summed E-state index contributed by atoms with van der Waals surface area (Å²) in [5, 5.41) is 2.90. The molecule has 0 amide bonds. The van der Waals surface area contributed by atoms with Crippen LogP contribution >= 0.6 is 11.3 Å². The molecule has 0 bridgehead atoms. The number of aromatic nitrogens is 1. The molecule has 1 aliphatic heterocycles. The maximum Gasteiger partial charge on any atom is 0.240 e. The highest BCUT2D eigenvalue weighted by Crippen LogP contribution is 2.27. The maximum absolute atomic E-state index is 12.5. The lowest BCUT2D eigenvalue weighted by Gasteiger charge is -2.24. The van der Waals surface area contributed by atoms with Crippen molar-refractivity contribution < 1.29 is 13.2 Å². The summed E-state index contributed by atoms with van der Waals surface area (Å²) in [5.41, 5.74) is 0. The fourth-order valence-corrected chi connectivity index (χ4v) is 4.64. The van der Waals surface area contributed by atoms with Gasteiger partial charge in [-0.3, -0.25) is 0 Å². The minimum absolute atomic E-state index is 0.147. The third-order valence-corrected chi connectivity index (χ3v) is 6.24. The van der Waals surface area contributed by atoms with Crippen LogP contribution in [0.1, 0.15) is 19.8 Å². The summed E-state index contributed by atoms with van der Waals surface area (Å²) < 4.78 is 33.0. The van der Waals surface area contributed by atoms with Gasteiger partial charge < -0.3 is 9.64 Å². The van der Waals surface area contributed by atoms with Gasteiger partial charge in [-0.05, 0) is 44.0 Å². The summed E-state index contributed by atoms with van der Waals surface area (Å²) in [7, 11) is -3.52. The molecule has 1 saturated heterocycles. The van der Waals surface area contributed by atoms with E-state index in [9.17, 15) is 8.42 Å². The lowest BCUT2D eigenvalue weighted by Crippen LogP contribution is -2.40. The Labute approximate surface area is 146 Å². The van der Waals surface area contributed by atoms with Gasteiger partial charge in [0.05, 0.1) is 11.5 Å². The molecule has 8 heteroatoms. The van der Waals surface area contributed by atoms with Crippen molar-refractivity contribution in [3.63, 3.8) is 0 Å². The van der Waals surface area contributed by atoms with Crippen molar-refractivity contribution in [2.75, 3.05) is 24.6 Å². The molecule has 1 aromatic carbocycles. The molecular formula is C16H21N3O3S2. The Bertz CT molecular complexity index is 745.